The van der Waals surface area contributed by atoms with Crippen molar-refractivity contribution < 1.29 is 44.4 Å². The molecule has 9 nitrogen and oxygen atoms in total. The minimum atomic E-state index is -1.41. The summed E-state index contributed by atoms with van der Waals surface area (Å²) in [6.45, 7) is 1.78. The van der Waals surface area contributed by atoms with Crippen LogP contribution in [-0.2, 0) is 0 Å². The fourth-order valence-corrected chi connectivity index (χ4v) is 2.38. The molecule has 3 rings (SSSR count). The molecule has 0 amide bonds. The first-order valence-electron chi connectivity index (χ1n) is 7.46. The summed E-state index contributed by atoms with van der Waals surface area (Å²) in [5.41, 5.74) is 1.52. The predicted molar refractivity (Wildman–Crippen MR) is 90.7 cm³/mol. The molecule has 0 unspecified atom stereocenters. The van der Waals surface area contributed by atoms with Crippen LogP contribution < -0.4 is 40.0 Å². The van der Waals surface area contributed by atoms with Crippen LogP contribution in [0.3, 0.4) is 0 Å². The molecule has 0 aliphatic heterocycles. The Labute approximate surface area is 176 Å². The maximum absolute atomic E-state index is 11.3. The van der Waals surface area contributed by atoms with Gasteiger partial charge < -0.3 is 15.2 Å². The Bertz CT molecular complexity index is 1010. The van der Waals surface area contributed by atoms with E-state index in [2.05, 4.69) is 20.3 Å². The number of hydrogen-bond acceptors (Lipinski definition) is 8. The van der Waals surface area contributed by atoms with E-state index in [0.717, 1.165) is 11.8 Å². The number of nitrogens with zero attached hydrogens (tertiary/aromatic N) is 4. The molecule has 2 heterocycles. The average molecular weight is 373 g/mol. The van der Waals surface area contributed by atoms with Crippen LogP contribution in [0.1, 0.15) is 15.9 Å². The number of carboxylic acids is 1. The molecule has 0 aliphatic carbocycles. The largest absolute Gasteiger partial charge is 1.00 e. The van der Waals surface area contributed by atoms with E-state index in [1.165, 1.54) is 24.7 Å². The number of benzene rings is 1. The van der Waals surface area contributed by atoms with E-state index in [1.54, 1.807) is 25.1 Å². The number of hydrogen-bond donors (Lipinski definition) is 1. The van der Waals surface area contributed by atoms with Gasteiger partial charge in [-0.2, -0.15) is 0 Å². The molecule has 1 N–H and O–H groups in total. The Morgan fingerprint density at radius 1 is 1.22 bits per heavy atom. The van der Waals surface area contributed by atoms with Gasteiger partial charge in [0.05, 0.1) is 16.6 Å². The Kier molecular flexibility index (Phi) is 6.56. The third kappa shape index (κ3) is 4.45. The van der Waals surface area contributed by atoms with Gasteiger partial charge in [-0.1, -0.05) is 6.07 Å². The van der Waals surface area contributed by atoms with E-state index in [9.17, 15) is 20.0 Å². The zero-order chi connectivity index (χ0) is 18.7. The quantitative estimate of drug-likeness (QED) is 0.337. The SMILES string of the molecule is Cc1ccc([N+](=O)[O-])cc1Nc1ncccc1-c1ncncc1C(=O)[O-].[Na+]. The van der Waals surface area contributed by atoms with E-state index in [1.807, 2.05) is 0 Å². The standard InChI is InChI=1S/C17H13N5O4.Na/c1-10-4-5-11(22(25)26)7-14(10)21-16-12(3-2-6-19-16)15-13(17(23)24)8-18-9-20-15;/h2-9H,1H3,(H,19,21)(H,23,24);/q;+1/p-1. The van der Waals surface area contributed by atoms with E-state index >= 15 is 0 Å². The van der Waals surface area contributed by atoms with Crippen LogP contribution in [0.15, 0.2) is 49.1 Å². The van der Waals surface area contributed by atoms with Gasteiger partial charge in [0.25, 0.3) is 5.69 Å². The van der Waals surface area contributed by atoms with E-state index < -0.39 is 10.9 Å². The number of nitro groups is 1. The van der Waals surface area contributed by atoms with Crippen molar-refractivity contribution in [3.63, 3.8) is 0 Å². The van der Waals surface area contributed by atoms with Crippen LogP contribution in [0, 0.1) is 17.0 Å². The molecule has 3 aromatic rings. The number of aromatic carboxylic acids is 1. The molecule has 0 fully saturated rings. The number of carbonyl (C=O) groups is 1. The van der Waals surface area contributed by atoms with Crippen molar-refractivity contribution in [3.05, 3.63) is 70.3 Å². The zero-order valence-electron chi connectivity index (χ0n) is 14.5. The number of carboxylic acid groups (broad SMARTS) is 1. The number of nitro benzene ring substituents is 1. The second-order valence-corrected chi connectivity index (χ2v) is 5.35. The molecule has 130 valence electrons. The van der Waals surface area contributed by atoms with Crippen LogP contribution in [0.5, 0.6) is 0 Å². The molecule has 0 aliphatic rings. The molecule has 0 atom stereocenters. The summed E-state index contributed by atoms with van der Waals surface area (Å²) in [7, 11) is 0. The molecule has 27 heavy (non-hydrogen) atoms. The van der Waals surface area contributed by atoms with E-state index in [4.69, 9.17) is 0 Å². The third-order valence-electron chi connectivity index (χ3n) is 3.68. The molecule has 2 aromatic heterocycles. The summed E-state index contributed by atoms with van der Waals surface area (Å²) in [5, 5.41) is 25.3. The van der Waals surface area contributed by atoms with Gasteiger partial charge in [-0.05, 0) is 24.6 Å². The Morgan fingerprint density at radius 2 is 2.00 bits per heavy atom. The molecule has 0 radical (unpaired) electrons. The van der Waals surface area contributed by atoms with Crippen LogP contribution in [0.2, 0.25) is 0 Å². The summed E-state index contributed by atoms with van der Waals surface area (Å²) >= 11 is 0. The van der Waals surface area contributed by atoms with Crippen molar-refractivity contribution >= 4 is 23.2 Å². The molecule has 10 heteroatoms. The number of pyridine rings is 1. The second kappa shape index (κ2) is 8.67. The minimum absolute atomic E-state index is 0. The van der Waals surface area contributed by atoms with Crippen molar-refractivity contribution in [1.29, 1.82) is 0 Å². The molecule has 1 aromatic carbocycles. The topological polar surface area (TPSA) is 134 Å². The van der Waals surface area contributed by atoms with Gasteiger partial charge in [0.15, 0.2) is 0 Å². The first-order valence-corrected chi connectivity index (χ1v) is 7.46. The summed E-state index contributed by atoms with van der Waals surface area (Å²) in [5.74, 6) is -1.11. The predicted octanol–water partition coefficient (Wildman–Crippen LogP) is -1.13. The number of non-ortho nitro benzene ring substituents is 1. The maximum Gasteiger partial charge on any atom is 1.00 e. The van der Waals surface area contributed by atoms with Gasteiger partial charge in [-0.15, -0.1) is 0 Å². The van der Waals surface area contributed by atoms with Gasteiger partial charge in [0, 0.05) is 41.3 Å². The Balaban J connectivity index is 0.00000261. The summed E-state index contributed by atoms with van der Waals surface area (Å²) in [4.78, 5) is 33.8. The smallest absolute Gasteiger partial charge is 0.545 e. The van der Waals surface area contributed by atoms with Crippen molar-refractivity contribution in [3.8, 4) is 11.3 Å². The fraction of sp³-hybridized carbons (Fsp3) is 0.0588. The first-order chi connectivity index (χ1) is 12.5. The van der Waals surface area contributed by atoms with E-state index in [-0.39, 0.29) is 46.5 Å². The molecule has 0 saturated heterocycles. The Hall–Kier alpha value is -2.88. The van der Waals surface area contributed by atoms with E-state index in [0.29, 0.717) is 17.1 Å². The van der Waals surface area contributed by atoms with Gasteiger partial charge in [0.1, 0.15) is 12.1 Å². The molecule has 0 saturated carbocycles. The number of aromatic nitrogens is 3. The monoisotopic (exact) mass is 373 g/mol. The van der Waals surface area contributed by atoms with Crippen molar-refractivity contribution in [2.75, 3.05) is 5.32 Å². The second-order valence-electron chi connectivity index (χ2n) is 5.35. The number of aryl methyl sites for hydroxylation is 1. The minimum Gasteiger partial charge on any atom is -0.545 e. The average Bonchev–Trinajstić information content (AvgIpc) is 2.63. The van der Waals surface area contributed by atoms with Crippen molar-refractivity contribution in [1.82, 2.24) is 15.0 Å². The van der Waals surface area contributed by atoms with Crippen LogP contribution in [-0.4, -0.2) is 25.8 Å². The van der Waals surface area contributed by atoms with Crippen molar-refractivity contribution in [2.24, 2.45) is 0 Å². The molecular formula is C17H12N5NaO4. The van der Waals surface area contributed by atoms with Crippen molar-refractivity contribution in [2.45, 2.75) is 6.92 Å². The summed E-state index contributed by atoms with van der Waals surface area (Å²) in [6.07, 6.45) is 3.88. The van der Waals surface area contributed by atoms with Gasteiger partial charge in [-0.25, -0.2) is 15.0 Å². The summed E-state index contributed by atoms with van der Waals surface area (Å²) < 4.78 is 0. The fourth-order valence-electron chi connectivity index (χ4n) is 2.38. The zero-order valence-corrected chi connectivity index (χ0v) is 16.5. The first kappa shape index (κ1) is 20.4. The van der Waals surface area contributed by atoms with Gasteiger partial charge in [-0.3, -0.25) is 10.1 Å². The van der Waals surface area contributed by atoms with Gasteiger partial charge >= 0.3 is 29.6 Å². The molecular weight excluding hydrogens is 361 g/mol. The van der Waals surface area contributed by atoms with Gasteiger partial charge in [0.2, 0.25) is 0 Å². The maximum atomic E-state index is 11.3. The number of nitrogens with one attached hydrogen (secondary N) is 1. The molecule has 0 bridgehead atoms. The number of carbonyl (C=O) groups excluding carboxylic acids is 1. The van der Waals surface area contributed by atoms with Crippen LogP contribution in [0.4, 0.5) is 17.2 Å². The third-order valence-corrected chi connectivity index (χ3v) is 3.68. The number of anilines is 2. The van der Waals surface area contributed by atoms with Crippen LogP contribution in [0.25, 0.3) is 11.3 Å². The number of rotatable bonds is 5. The normalized spacial score (nSPS) is 9.96. The Morgan fingerprint density at radius 3 is 2.70 bits per heavy atom. The molecule has 0 spiro atoms. The summed E-state index contributed by atoms with van der Waals surface area (Å²) in [6, 6.07) is 7.66. The van der Waals surface area contributed by atoms with Crippen LogP contribution >= 0.6 is 0 Å².